The summed E-state index contributed by atoms with van der Waals surface area (Å²) < 4.78 is 27.1. The third kappa shape index (κ3) is 2.77. The first-order chi connectivity index (χ1) is 11.0. The number of hydrogen-bond donors (Lipinski definition) is 2. The monoisotopic (exact) mass is 316 g/mol. The van der Waals surface area contributed by atoms with Crippen LogP contribution in [0.1, 0.15) is 27.0 Å². The van der Waals surface area contributed by atoms with Crippen LogP contribution >= 0.6 is 0 Å². The smallest absolute Gasteiger partial charge is 0.251 e. The van der Waals surface area contributed by atoms with E-state index in [-0.39, 0.29) is 17.7 Å². The first-order valence-corrected chi connectivity index (χ1v) is 7.00. The lowest BCUT2D eigenvalue weighted by Gasteiger charge is -2.09. The Kier molecular flexibility index (Phi) is 3.77. The van der Waals surface area contributed by atoms with Gasteiger partial charge in [0.1, 0.15) is 17.2 Å². The minimum Gasteiger partial charge on any atom is -0.348 e. The average Bonchev–Trinajstić information content (AvgIpc) is 2.99. The molecule has 1 aromatic heterocycles. The van der Waals surface area contributed by atoms with E-state index in [9.17, 15) is 13.6 Å². The van der Waals surface area contributed by atoms with Gasteiger partial charge in [0.05, 0.1) is 5.52 Å². The van der Waals surface area contributed by atoms with Crippen LogP contribution < -0.4 is 5.32 Å². The molecule has 2 N–H and O–H groups in total. The Morgan fingerprint density at radius 1 is 1.22 bits per heavy atom. The summed E-state index contributed by atoms with van der Waals surface area (Å²) in [6.45, 7) is 3.40. The predicted octanol–water partition coefficient (Wildman–Crippen LogP) is 2.78. The van der Waals surface area contributed by atoms with Gasteiger partial charge in [-0.25, -0.2) is 8.78 Å². The van der Waals surface area contributed by atoms with Gasteiger partial charge in [-0.1, -0.05) is 11.3 Å². The maximum Gasteiger partial charge on any atom is 0.251 e. The molecule has 0 aliphatic rings. The van der Waals surface area contributed by atoms with Crippen molar-refractivity contribution in [3.63, 3.8) is 0 Å². The minimum atomic E-state index is -0.745. The number of benzene rings is 2. The molecule has 2 aromatic carbocycles. The van der Waals surface area contributed by atoms with Gasteiger partial charge in [-0.05, 0) is 37.6 Å². The average molecular weight is 316 g/mol. The van der Waals surface area contributed by atoms with Crippen molar-refractivity contribution >= 4 is 16.9 Å². The Bertz CT molecular complexity index is 881. The van der Waals surface area contributed by atoms with Crippen molar-refractivity contribution in [3.05, 3.63) is 58.2 Å². The fourth-order valence-corrected chi connectivity index (χ4v) is 2.34. The Morgan fingerprint density at radius 3 is 2.61 bits per heavy atom. The van der Waals surface area contributed by atoms with Crippen molar-refractivity contribution in [1.29, 1.82) is 0 Å². The molecule has 118 valence electrons. The number of nitrogens with zero attached hydrogens (tertiary/aromatic N) is 2. The molecule has 0 saturated heterocycles. The molecule has 0 bridgehead atoms. The number of carbonyl (C=O) groups is 1. The number of rotatable bonds is 3. The summed E-state index contributed by atoms with van der Waals surface area (Å²) in [7, 11) is 0. The summed E-state index contributed by atoms with van der Waals surface area (Å²) in [5.74, 6) is -2.04. The second-order valence-corrected chi connectivity index (χ2v) is 5.32. The molecular formula is C16H14F2N4O. The molecule has 3 rings (SSSR count). The Balaban J connectivity index is 1.84. The highest BCUT2D eigenvalue weighted by Gasteiger charge is 2.14. The summed E-state index contributed by atoms with van der Waals surface area (Å²) >= 11 is 0. The molecule has 1 heterocycles. The number of H-pyrrole nitrogens is 1. The lowest BCUT2D eigenvalue weighted by molar-refractivity contribution is 0.0950. The summed E-state index contributed by atoms with van der Waals surface area (Å²) in [6.07, 6.45) is 0. The van der Waals surface area contributed by atoms with Crippen molar-refractivity contribution < 1.29 is 13.6 Å². The first-order valence-electron chi connectivity index (χ1n) is 7.00. The van der Waals surface area contributed by atoms with Crippen LogP contribution in [-0.2, 0) is 6.54 Å². The summed E-state index contributed by atoms with van der Waals surface area (Å²) in [5.41, 5.74) is 2.99. The number of aromatic amines is 1. The second kappa shape index (κ2) is 5.75. The van der Waals surface area contributed by atoms with Crippen molar-refractivity contribution in [2.75, 3.05) is 0 Å². The number of hydrogen-bond acceptors (Lipinski definition) is 3. The van der Waals surface area contributed by atoms with E-state index in [1.165, 1.54) is 6.92 Å². The van der Waals surface area contributed by atoms with E-state index in [0.29, 0.717) is 5.52 Å². The molecular weight excluding hydrogens is 302 g/mol. The van der Waals surface area contributed by atoms with Crippen LogP contribution in [-0.4, -0.2) is 21.3 Å². The molecule has 0 radical (unpaired) electrons. The van der Waals surface area contributed by atoms with Crippen LogP contribution in [0.2, 0.25) is 0 Å². The summed E-state index contributed by atoms with van der Waals surface area (Å²) in [5, 5.41) is 13.1. The molecule has 23 heavy (non-hydrogen) atoms. The number of fused-ring (bicyclic) bond motifs is 1. The fraction of sp³-hybridized carbons (Fsp3) is 0.188. The number of halogens is 2. The molecule has 1 amide bonds. The molecule has 5 nitrogen and oxygen atoms in total. The van der Waals surface area contributed by atoms with Crippen molar-refractivity contribution in [2.24, 2.45) is 0 Å². The van der Waals surface area contributed by atoms with Gasteiger partial charge in [0.2, 0.25) is 0 Å². The molecule has 0 aliphatic carbocycles. The van der Waals surface area contributed by atoms with E-state index < -0.39 is 17.5 Å². The summed E-state index contributed by atoms with van der Waals surface area (Å²) in [6, 6.07) is 5.78. The van der Waals surface area contributed by atoms with Crippen LogP contribution in [0.4, 0.5) is 8.78 Å². The topological polar surface area (TPSA) is 70.7 Å². The maximum atomic E-state index is 13.6. The van der Waals surface area contributed by atoms with Gasteiger partial charge in [-0.3, -0.25) is 9.89 Å². The third-order valence-corrected chi connectivity index (χ3v) is 3.81. The largest absolute Gasteiger partial charge is 0.348 e. The van der Waals surface area contributed by atoms with Gasteiger partial charge >= 0.3 is 0 Å². The van der Waals surface area contributed by atoms with Gasteiger partial charge in [0.15, 0.2) is 0 Å². The van der Waals surface area contributed by atoms with E-state index in [4.69, 9.17) is 0 Å². The zero-order chi connectivity index (χ0) is 16.6. The Labute approximate surface area is 130 Å². The lowest BCUT2D eigenvalue weighted by Crippen LogP contribution is -2.24. The van der Waals surface area contributed by atoms with Crippen LogP contribution in [0.15, 0.2) is 24.3 Å². The van der Waals surface area contributed by atoms with Crippen LogP contribution in [0.3, 0.4) is 0 Å². The van der Waals surface area contributed by atoms with E-state index in [2.05, 4.69) is 20.7 Å². The highest BCUT2D eigenvalue weighted by atomic mass is 19.1. The van der Waals surface area contributed by atoms with Crippen molar-refractivity contribution in [2.45, 2.75) is 20.4 Å². The molecule has 7 heteroatoms. The molecule has 3 aromatic rings. The third-order valence-electron chi connectivity index (χ3n) is 3.81. The van der Waals surface area contributed by atoms with Gasteiger partial charge in [0.25, 0.3) is 5.91 Å². The zero-order valence-electron chi connectivity index (χ0n) is 12.6. The quantitative estimate of drug-likeness (QED) is 0.780. The molecule has 0 spiro atoms. The highest BCUT2D eigenvalue weighted by molar-refractivity contribution is 5.94. The van der Waals surface area contributed by atoms with Crippen LogP contribution in [0.25, 0.3) is 11.0 Å². The number of amides is 1. The number of nitrogens with one attached hydrogen (secondary N) is 2. The minimum absolute atomic E-state index is 0.0596. The number of carbonyl (C=O) groups excluding carboxylic acids is 1. The van der Waals surface area contributed by atoms with Crippen molar-refractivity contribution in [1.82, 2.24) is 20.7 Å². The van der Waals surface area contributed by atoms with Crippen LogP contribution in [0, 0.1) is 25.5 Å². The van der Waals surface area contributed by atoms with Gasteiger partial charge < -0.3 is 5.32 Å². The van der Waals surface area contributed by atoms with E-state index in [1.54, 1.807) is 0 Å². The molecule has 0 atom stereocenters. The molecule has 0 aliphatic heterocycles. The Morgan fingerprint density at radius 2 is 1.91 bits per heavy atom. The molecule has 0 unspecified atom stereocenters. The number of aromatic nitrogens is 3. The SMILES string of the molecule is Cc1ccc2[nH]nnc2c1CNC(=O)c1cc(F)c(C)c(F)c1. The Hall–Kier alpha value is -2.83. The fourth-order valence-electron chi connectivity index (χ4n) is 2.34. The van der Waals surface area contributed by atoms with Crippen LogP contribution in [0.5, 0.6) is 0 Å². The van der Waals surface area contributed by atoms with Gasteiger partial charge in [-0.15, -0.1) is 5.10 Å². The first kappa shape index (κ1) is 15.1. The van der Waals surface area contributed by atoms with Gasteiger partial charge in [-0.2, -0.15) is 0 Å². The van der Waals surface area contributed by atoms with E-state index >= 15 is 0 Å². The van der Waals surface area contributed by atoms with E-state index in [1.807, 2.05) is 19.1 Å². The predicted molar refractivity (Wildman–Crippen MR) is 80.9 cm³/mol. The number of aryl methyl sites for hydroxylation is 1. The highest BCUT2D eigenvalue weighted by Crippen LogP contribution is 2.19. The molecule has 0 fully saturated rings. The maximum absolute atomic E-state index is 13.6. The standard InChI is InChI=1S/C16H14F2N4O/c1-8-3-4-14-15(21-22-20-14)11(8)7-19-16(23)10-5-12(17)9(2)13(18)6-10/h3-6H,7H2,1-2H3,(H,19,23)(H,20,21,22). The zero-order valence-corrected chi connectivity index (χ0v) is 12.6. The van der Waals surface area contributed by atoms with Gasteiger partial charge in [0, 0.05) is 23.2 Å². The normalized spacial score (nSPS) is 11.0. The lowest BCUT2D eigenvalue weighted by atomic mass is 10.1. The summed E-state index contributed by atoms with van der Waals surface area (Å²) in [4.78, 5) is 12.1. The second-order valence-electron chi connectivity index (χ2n) is 5.32. The molecule has 0 saturated carbocycles. The van der Waals surface area contributed by atoms with Crippen molar-refractivity contribution in [3.8, 4) is 0 Å². The van der Waals surface area contributed by atoms with E-state index in [0.717, 1.165) is 28.8 Å².